The van der Waals surface area contributed by atoms with Crippen molar-refractivity contribution in [3.05, 3.63) is 65.7 Å². The van der Waals surface area contributed by atoms with E-state index >= 15 is 0 Å². The van der Waals surface area contributed by atoms with E-state index in [2.05, 4.69) is 0 Å². The summed E-state index contributed by atoms with van der Waals surface area (Å²) in [6.45, 7) is 8.32. The van der Waals surface area contributed by atoms with E-state index in [1.54, 1.807) is 0 Å². The number of nitrogens with two attached hydrogens (primary N) is 1. The van der Waals surface area contributed by atoms with Gasteiger partial charge in [0.2, 0.25) is 0 Å². The molecule has 0 amide bonds. The van der Waals surface area contributed by atoms with E-state index < -0.39 is 30.3 Å². The molecular weight excluding hydrogens is 353 g/mol. The summed E-state index contributed by atoms with van der Waals surface area (Å²) >= 11 is 0. The van der Waals surface area contributed by atoms with Gasteiger partial charge in [-0.1, -0.05) is 54.6 Å². The van der Waals surface area contributed by atoms with Gasteiger partial charge in [0.05, 0.1) is 11.2 Å². The molecule has 0 radical (unpaired) electrons. The van der Waals surface area contributed by atoms with Crippen molar-refractivity contribution in [2.45, 2.75) is 58.0 Å². The molecule has 0 aromatic heterocycles. The van der Waals surface area contributed by atoms with Crippen molar-refractivity contribution in [3.63, 3.8) is 0 Å². The highest BCUT2D eigenvalue weighted by Crippen LogP contribution is 2.36. The maximum atomic E-state index is 12.2. The molecule has 1 heterocycles. The van der Waals surface area contributed by atoms with Crippen molar-refractivity contribution in [1.82, 2.24) is 0 Å². The third-order valence-electron chi connectivity index (χ3n) is 5.46. The SMILES string of the molecule is CC1(C)OB(c2cccc(C[C@H](N)C(=O)OCc3ccccc3)c2)OC1(C)C. The Morgan fingerprint density at radius 1 is 1.00 bits per heavy atom. The number of hydrogen-bond acceptors (Lipinski definition) is 5. The lowest BCUT2D eigenvalue weighted by Crippen LogP contribution is -2.41. The predicted octanol–water partition coefficient (Wildman–Crippen LogP) is 2.60. The first-order valence-corrected chi connectivity index (χ1v) is 9.58. The van der Waals surface area contributed by atoms with Gasteiger partial charge in [0.1, 0.15) is 12.6 Å². The van der Waals surface area contributed by atoms with Gasteiger partial charge in [0.15, 0.2) is 0 Å². The van der Waals surface area contributed by atoms with E-state index in [0.717, 1.165) is 16.6 Å². The van der Waals surface area contributed by atoms with E-state index in [4.69, 9.17) is 19.8 Å². The van der Waals surface area contributed by atoms with Crippen LogP contribution in [0.5, 0.6) is 0 Å². The van der Waals surface area contributed by atoms with Crippen LogP contribution in [0.1, 0.15) is 38.8 Å². The summed E-state index contributed by atoms with van der Waals surface area (Å²) in [7, 11) is -0.439. The molecule has 6 heteroatoms. The summed E-state index contributed by atoms with van der Waals surface area (Å²) in [5, 5.41) is 0. The van der Waals surface area contributed by atoms with Crippen molar-refractivity contribution in [2.75, 3.05) is 0 Å². The van der Waals surface area contributed by atoms with Gasteiger partial charge < -0.3 is 19.8 Å². The summed E-state index contributed by atoms with van der Waals surface area (Å²) in [6.07, 6.45) is 0.390. The zero-order valence-electron chi connectivity index (χ0n) is 17.0. The molecule has 1 saturated heterocycles. The summed E-state index contributed by atoms with van der Waals surface area (Å²) in [6, 6.07) is 16.6. The molecule has 1 aliphatic heterocycles. The van der Waals surface area contributed by atoms with Crippen molar-refractivity contribution in [2.24, 2.45) is 5.73 Å². The monoisotopic (exact) mass is 381 g/mol. The Balaban J connectivity index is 1.60. The first-order chi connectivity index (χ1) is 13.2. The minimum Gasteiger partial charge on any atom is -0.460 e. The van der Waals surface area contributed by atoms with Crippen LogP contribution >= 0.6 is 0 Å². The Kier molecular flexibility index (Phi) is 5.94. The Labute approximate surface area is 167 Å². The molecule has 1 atom stereocenters. The zero-order chi connectivity index (χ0) is 20.4. The Morgan fingerprint density at radius 3 is 2.25 bits per heavy atom. The van der Waals surface area contributed by atoms with Crippen LogP contribution in [0.2, 0.25) is 0 Å². The fourth-order valence-electron chi connectivity index (χ4n) is 3.02. The van der Waals surface area contributed by atoms with E-state index in [-0.39, 0.29) is 6.61 Å². The fourth-order valence-corrected chi connectivity index (χ4v) is 3.02. The van der Waals surface area contributed by atoms with Crippen molar-refractivity contribution in [3.8, 4) is 0 Å². The van der Waals surface area contributed by atoms with E-state index in [1.807, 2.05) is 82.3 Å². The molecule has 3 rings (SSSR count). The highest BCUT2D eigenvalue weighted by Gasteiger charge is 2.51. The van der Waals surface area contributed by atoms with Crippen LogP contribution < -0.4 is 11.2 Å². The maximum absolute atomic E-state index is 12.2. The van der Waals surface area contributed by atoms with E-state index in [9.17, 15) is 4.79 Å². The molecule has 0 aliphatic carbocycles. The number of ether oxygens (including phenoxy) is 1. The maximum Gasteiger partial charge on any atom is 0.494 e. The van der Waals surface area contributed by atoms with Gasteiger partial charge in [-0.25, -0.2) is 0 Å². The van der Waals surface area contributed by atoms with Gasteiger partial charge in [0.25, 0.3) is 0 Å². The van der Waals surface area contributed by atoms with Crippen molar-refractivity contribution >= 4 is 18.6 Å². The normalized spacial score (nSPS) is 18.7. The Bertz CT molecular complexity index is 806. The number of hydrogen-bond donors (Lipinski definition) is 1. The average molecular weight is 381 g/mol. The quantitative estimate of drug-likeness (QED) is 0.615. The summed E-state index contributed by atoms with van der Waals surface area (Å²) in [5.74, 6) is -0.412. The molecule has 0 unspecified atom stereocenters. The smallest absolute Gasteiger partial charge is 0.460 e. The number of rotatable bonds is 6. The van der Waals surface area contributed by atoms with Gasteiger partial charge in [-0.15, -0.1) is 0 Å². The summed E-state index contributed by atoms with van der Waals surface area (Å²) < 4.78 is 17.5. The van der Waals surface area contributed by atoms with Crippen LogP contribution in [-0.4, -0.2) is 30.3 Å². The van der Waals surface area contributed by atoms with Gasteiger partial charge in [-0.2, -0.15) is 0 Å². The van der Waals surface area contributed by atoms with Crippen LogP contribution in [0, 0.1) is 0 Å². The second kappa shape index (κ2) is 8.07. The van der Waals surface area contributed by atoms with Crippen molar-refractivity contribution < 1.29 is 18.8 Å². The first-order valence-electron chi connectivity index (χ1n) is 9.58. The summed E-state index contributed by atoms with van der Waals surface area (Å²) in [5.41, 5.74) is 8.07. The average Bonchev–Trinajstić information content (AvgIpc) is 2.88. The van der Waals surface area contributed by atoms with Crippen LogP contribution in [0.15, 0.2) is 54.6 Å². The van der Waals surface area contributed by atoms with Crippen LogP contribution in [-0.2, 0) is 31.9 Å². The molecule has 1 aliphatic rings. The Hall–Kier alpha value is -2.15. The second-order valence-electron chi connectivity index (χ2n) is 8.24. The van der Waals surface area contributed by atoms with Gasteiger partial charge in [-0.3, -0.25) is 4.79 Å². The van der Waals surface area contributed by atoms with E-state index in [0.29, 0.717) is 6.42 Å². The molecule has 2 N–H and O–H groups in total. The molecule has 0 saturated carbocycles. The lowest BCUT2D eigenvalue weighted by atomic mass is 9.78. The third kappa shape index (κ3) is 4.63. The second-order valence-corrected chi connectivity index (χ2v) is 8.24. The van der Waals surface area contributed by atoms with Crippen LogP contribution in [0.4, 0.5) is 0 Å². The number of carbonyl (C=O) groups is 1. The standard InChI is InChI=1S/C22H28BNO4/c1-21(2)22(3,4)28-23(27-21)18-12-8-11-17(13-18)14-19(24)20(25)26-15-16-9-6-5-7-10-16/h5-13,19H,14-15,24H2,1-4H3/t19-/m0/s1. The molecule has 1 fully saturated rings. The van der Waals surface area contributed by atoms with Gasteiger partial charge in [0, 0.05) is 0 Å². The first kappa shape index (κ1) is 20.6. The van der Waals surface area contributed by atoms with E-state index in [1.165, 1.54) is 0 Å². The van der Waals surface area contributed by atoms with Crippen LogP contribution in [0.25, 0.3) is 0 Å². The molecule has 2 aromatic carbocycles. The molecule has 5 nitrogen and oxygen atoms in total. The van der Waals surface area contributed by atoms with Crippen LogP contribution in [0.3, 0.4) is 0 Å². The number of esters is 1. The third-order valence-corrected chi connectivity index (χ3v) is 5.46. The number of benzene rings is 2. The molecule has 0 spiro atoms. The highest BCUT2D eigenvalue weighted by molar-refractivity contribution is 6.62. The number of carbonyl (C=O) groups excluding carboxylic acids is 1. The summed E-state index contributed by atoms with van der Waals surface area (Å²) in [4.78, 5) is 12.2. The van der Waals surface area contributed by atoms with Gasteiger partial charge in [-0.05, 0) is 50.7 Å². The Morgan fingerprint density at radius 2 is 1.61 bits per heavy atom. The highest BCUT2D eigenvalue weighted by atomic mass is 16.7. The minimum absolute atomic E-state index is 0.224. The van der Waals surface area contributed by atoms with Crippen molar-refractivity contribution in [1.29, 1.82) is 0 Å². The zero-order valence-corrected chi connectivity index (χ0v) is 17.0. The largest absolute Gasteiger partial charge is 0.494 e. The lowest BCUT2D eigenvalue weighted by Gasteiger charge is -2.32. The topological polar surface area (TPSA) is 70.8 Å². The molecule has 28 heavy (non-hydrogen) atoms. The molecule has 148 valence electrons. The fraction of sp³-hybridized carbons (Fsp3) is 0.409. The lowest BCUT2D eigenvalue weighted by molar-refractivity contribution is -0.146. The minimum atomic E-state index is -0.725. The molecular formula is C22H28BNO4. The van der Waals surface area contributed by atoms with Gasteiger partial charge >= 0.3 is 13.1 Å². The predicted molar refractivity (Wildman–Crippen MR) is 110 cm³/mol. The molecule has 2 aromatic rings. The molecule has 0 bridgehead atoms.